The second kappa shape index (κ2) is 4.41. The van der Waals surface area contributed by atoms with Crippen molar-refractivity contribution in [2.75, 3.05) is 0 Å². The van der Waals surface area contributed by atoms with E-state index in [4.69, 9.17) is 17.0 Å². The lowest BCUT2D eigenvalue weighted by Gasteiger charge is -2.01. The van der Waals surface area contributed by atoms with Crippen LogP contribution in [0.3, 0.4) is 0 Å². The smallest absolute Gasteiger partial charge is 0.160 e. The zero-order chi connectivity index (χ0) is 8.10. The molecule has 2 nitrogen and oxygen atoms in total. The van der Waals surface area contributed by atoms with Crippen molar-refractivity contribution in [3.8, 4) is 0 Å². The van der Waals surface area contributed by atoms with Crippen molar-refractivity contribution in [2.45, 2.75) is 20.0 Å². The second-order valence-electron chi connectivity index (χ2n) is 2.01. The number of hydrogen-bond donors (Lipinski definition) is 0. The molecule has 1 aromatic rings. The molecule has 11 heavy (non-hydrogen) atoms. The Bertz CT molecular complexity index is 220. The fraction of sp³-hybridized carbons (Fsp3) is 0.429. The minimum absolute atomic E-state index is 0.510. The second-order valence-corrected chi connectivity index (χ2v) is 3.13. The molecule has 0 saturated heterocycles. The molecule has 0 amide bonds. The SMILES string of the molecule is CCC(=S)OCc1ccsn1. The summed E-state index contributed by atoms with van der Waals surface area (Å²) in [5.41, 5.74) is 0.950. The highest BCUT2D eigenvalue weighted by molar-refractivity contribution is 7.80. The van der Waals surface area contributed by atoms with Gasteiger partial charge in [-0.25, -0.2) is 0 Å². The summed E-state index contributed by atoms with van der Waals surface area (Å²) in [4.78, 5) is 0. The molecule has 1 rings (SSSR count). The van der Waals surface area contributed by atoms with E-state index in [0.29, 0.717) is 11.7 Å². The van der Waals surface area contributed by atoms with Gasteiger partial charge in [0.05, 0.1) is 5.69 Å². The van der Waals surface area contributed by atoms with Crippen molar-refractivity contribution in [2.24, 2.45) is 0 Å². The molecule has 0 aliphatic rings. The fourth-order valence-electron chi connectivity index (χ4n) is 0.568. The van der Waals surface area contributed by atoms with Gasteiger partial charge in [-0.1, -0.05) is 6.92 Å². The predicted molar refractivity (Wildman–Crippen MR) is 49.8 cm³/mol. The molecule has 0 N–H and O–H groups in total. The van der Waals surface area contributed by atoms with Gasteiger partial charge in [0.1, 0.15) is 6.61 Å². The summed E-state index contributed by atoms with van der Waals surface area (Å²) in [5, 5.41) is 2.58. The molecule has 0 unspecified atom stereocenters. The first kappa shape index (κ1) is 8.62. The molecule has 60 valence electrons. The molecule has 0 aliphatic carbocycles. The summed E-state index contributed by atoms with van der Waals surface area (Å²) in [7, 11) is 0. The molecule has 0 bridgehead atoms. The average molecular weight is 187 g/mol. The van der Waals surface area contributed by atoms with Gasteiger partial charge >= 0.3 is 0 Å². The summed E-state index contributed by atoms with van der Waals surface area (Å²) < 4.78 is 9.29. The third-order valence-electron chi connectivity index (χ3n) is 1.16. The van der Waals surface area contributed by atoms with Crippen LogP contribution in [0.4, 0.5) is 0 Å². The normalized spacial score (nSPS) is 9.55. The van der Waals surface area contributed by atoms with Crippen molar-refractivity contribution in [3.05, 3.63) is 17.1 Å². The van der Waals surface area contributed by atoms with Gasteiger partial charge in [-0.15, -0.1) is 0 Å². The first-order chi connectivity index (χ1) is 5.33. The summed E-state index contributed by atoms with van der Waals surface area (Å²) in [6.45, 7) is 2.49. The van der Waals surface area contributed by atoms with Crippen LogP contribution in [0, 0.1) is 0 Å². The first-order valence-corrected chi connectivity index (χ1v) is 4.62. The quantitative estimate of drug-likeness (QED) is 0.678. The van der Waals surface area contributed by atoms with Crippen LogP contribution in [0.2, 0.25) is 0 Å². The van der Waals surface area contributed by atoms with Gasteiger partial charge in [0.2, 0.25) is 0 Å². The number of rotatable bonds is 3. The molecule has 0 saturated carbocycles. The van der Waals surface area contributed by atoms with E-state index in [2.05, 4.69) is 4.37 Å². The lowest BCUT2D eigenvalue weighted by molar-refractivity contribution is 0.290. The van der Waals surface area contributed by atoms with Crippen LogP contribution in [0.25, 0.3) is 0 Å². The van der Waals surface area contributed by atoms with Crippen LogP contribution in [0.5, 0.6) is 0 Å². The van der Waals surface area contributed by atoms with Gasteiger partial charge in [-0.05, 0) is 29.8 Å². The summed E-state index contributed by atoms with van der Waals surface area (Å²) in [6.07, 6.45) is 0.791. The average Bonchev–Trinajstić information content (AvgIpc) is 2.52. The zero-order valence-corrected chi connectivity index (χ0v) is 7.87. The van der Waals surface area contributed by atoms with E-state index in [-0.39, 0.29) is 0 Å². The van der Waals surface area contributed by atoms with Crippen LogP contribution in [-0.2, 0) is 11.3 Å². The topological polar surface area (TPSA) is 22.1 Å². The lowest BCUT2D eigenvalue weighted by atomic mass is 10.4. The molecular formula is C7H9NOS2. The Morgan fingerprint density at radius 2 is 2.64 bits per heavy atom. The molecule has 0 atom stereocenters. The van der Waals surface area contributed by atoms with E-state index < -0.39 is 0 Å². The fourth-order valence-corrected chi connectivity index (χ4v) is 1.16. The predicted octanol–water partition coefficient (Wildman–Crippen LogP) is 2.40. The number of hydrogen-bond acceptors (Lipinski definition) is 4. The summed E-state index contributed by atoms with van der Waals surface area (Å²) >= 11 is 6.31. The molecule has 4 heteroatoms. The van der Waals surface area contributed by atoms with E-state index in [9.17, 15) is 0 Å². The van der Waals surface area contributed by atoms with Crippen molar-refractivity contribution >= 4 is 28.8 Å². The highest BCUT2D eigenvalue weighted by Crippen LogP contribution is 2.02. The maximum Gasteiger partial charge on any atom is 0.160 e. The van der Waals surface area contributed by atoms with Gasteiger partial charge in [-0.2, -0.15) is 4.37 Å². The minimum Gasteiger partial charge on any atom is -0.481 e. The maximum absolute atomic E-state index is 5.21. The van der Waals surface area contributed by atoms with Gasteiger partial charge in [0, 0.05) is 11.8 Å². The molecule has 0 aromatic carbocycles. The molecule has 0 aliphatic heterocycles. The Hall–Kier alpha value is -0.480. The highest BCUT2D eigenvalue weighted by atomic mass is 32.1. The Kier molecular flexibility index (Phi) is 3.45. The molecule has 0 fully saturated rings. The Morgan fingerprint density at radius 3 is 3.18 bits per heavy atom. The summed E-state index contributed by atoms with van der Waals surface area (Å²) in [6, 6.07) is 1.93. The van der Waals surface area contributed by atoms with Gasteiger partial charge in [-0.3, -0.25) is 0 Å². The summed E-state index contributed by atoms with van der Waals surface area (Å²) in [5.74, 6) is 0. The zero-order valence-electron chi connectivity index (χ0n) is 6.24. The molecule has 0 spiro atoms. The Morgan fingerprint density at radius 1 is 1.82 bits per heavy atom. The van der Waals surface area contributed by atoms with Crippen LogP contribution < -0.4 is 0 Å². The van der Waals surface area contributed by atoms with E-state index in [1.54, 1.807) is 0 Å². The number of ether oxygens (including phenoxy) is 1. The lowest BCUT2D eigenvalue weighted by Crippen LogP contribution is -1.99. The van der Waals surface area contributed by atoms with E-state index in [1.807, 2.05) is 18.4 Å². The third kappa shape index (κ3) is 2.95. The van der Waals surface area contributed by atoms with E-state index in [0.717, 1.165) is 12.1 Å². The number of nitrogens with zero attached hydrogens (tertiary/aromatic N) is 1. The van der Waals surface area contributed by atoms with E-state index in [1.165, 1.54) is 11.5 Å². The van der Waals surface area contributed by atoms with Crippen LogP contribution in [0.1, 0.15) is 19.0 Å². The van der Waals surface area contributed by atoms with Crippen molar-refractivity contribution < 1.29 is 4.74 Å². The van der Waals surface area contributed by atoms with Gasteiger partial charge < -0.3 is 4.74 Å². The van der Waals surface area contributed by atoms with E-state index >= 15 is 0 Å². The third-order valence-corrected chi connectivity index (χ3v) is 2.17. The molecule has 1 heterocycles. The maximum atomic E-state index is 5.21. The van der Waals surface area contributed by atoms with Crippen molar-refractivity contribution in [3.63, 3.8) is 0 Å². The Labute approximate surface area is 75.4 Å². The van der Waals surface area contributed by atoms with Crippen LogP contribution in [0.15, 0.2) is 11.4 Å². The van der Waals surface area contributed by atoms with Crippen molar-refractivity contribution in [1.82, 2.24) is 4.37 Å². The van der Waals surface area contributed by atoms with Crippen LogP contribution >= 0.6 is 23.8 Å². The largest absolute Gasteiger partial charge is 0.481 e. The molecular weight excluding hydrogens is 178 g/mol. The minimum atomic E-state index is 0.510. The first-order valence-electron chi connectivity index (χ1n) is 3.38. The van der Waals surface area contributed by atoms with Gasteiger partial charge in [0.15, 0.2) is 5.05 Å². The van der Waals surface area contributed by atoms with Gasteiger partial charge in [0.25, 0.3) is 0 Å². The van der Waals surface area contributed by atoms with Crippen molar-refractivity contribution in [1.29, 1.82) is 0 Å². The molecule has 0 radical (unpaired) electrons. The Balaban J connectivity index is 2.29. The highest BCUT2D eigenvalue weighted by Gasteiger charge is 1.96. The number of thiocarbonyl (C=S) groups is 1. The monoisotopic (exact) mass is 187 g/mol. The number of aromatic nitrogens is 1. The molecule has 1 aromatic heterocycles. The standard InChI is InChI=1S/C7H9NOS2/c1-2-7(10)9-5-6-3-4-11-8-6/h3-4H,2,5H2,1H3. The van der Waals surface area contributed by atoms with Crippen LogP contribution in [-0.4, -0.2) is 9.42 Å².